The summed E-state index contributed by atoms with van der Waals surface area (Å²) in [7, 11) is 2.19. The first kappa shape index (κ1) is 11.8. The average Bonchev–Trinajstić information content (AvgIpc) is 2.14. The molecule has 0 heterocycles. The van der Waals surface area contributed by atoms with E-state index in [-0.39, 0.29) is 0 Å². The first-order chi connectivity index (χ1) is 6.02. The topological polar surface area (TPSA) is 78.6 Å². The molecule has 0 rings (SSSR count). The molecule has 0 aliphatic rings. The van der Waals surface area contributed by atoms with Crippen molar-refractivity contribution in [1.29, 1.82) is 0 Å². The first-order valence-electron chi connectivity index (χ1n) is 3.58. The van der Waals surface area contributed by atoms with Gasteiger partial charge in [0, 0.05) is 6.42 Å². The number of esters is 2. The molecule has 0 aliphatic heterocycles. The zero-order valence-corrected chi connectivity index (χ0v) is 7.45. The largest absolute Gasteiger partial charge is 0.468 e. The van der Waals surface area contributed by atoms with Crippen LogP contribution in [0.4, 0.5) is 4.39 Å². The summed E-state index contributed by atoms with van der Waals surface area (Å²) in [6.07, 6.45) is -2.32. The molecule has 0 fully saturated rings. The molecule has 0 amide bonds. The maximum Gasteiger partial charge on any atom is 0.340 e. The van der Waals surface area contributed by atoms with E-state index in [9.17, 15) is 14.0 Å². The molecule has 0 aromatic rings. The van der Waals surface area contributed by atoms with E-state index in [4.69, 9.17) is 5.73 Å². The molecule has 76 valence electrons. The van der Waals surface area contributed by atoms with Crippen LogP contribution in [-0.2, 0) is 19.1 Å². The van der Waals surface area contributed by atoms with Crippen LogP contribution in [0.25, 0.3) is 0 Å². The monoisotopic (exact) mass is 193 g/mol. The number of ether oxygens (including phenoxy) is 2. The van der Waals surface area contributed by atoms with Crippen molar-refractivity contribution in [3.63, 3.8) is 0 Å². The van der Waals surface area contributed by atoms with Gasteiger partial charge in [-0.05, 0) is 0 Å². The highest BCUT2D eigenvalue weighted by molar-refractivity contribution is 5.78. The van der Waals surface area contributed by atoms with Gasteiger partial charge in [0.05, 0.1) is 14.2 Å². The number of hydrogen-bond donors (Lipinski definition) is 1. The third-order valence-corrected chi connectivity index (χ3v) is 1.42. The van der Waals surface area contributed by atoms with Gasteiger partial charge < -0.3 is 15.2 Å². The Bertz CT molecular complexity index is 177. The van der Waals surface area contributed by atoms with E-state index in [1.807, 2.05) is 0 Å². The highest BCUT2D eigenvalue weighted by atomic mass is 19.1. The van der Waals surface area contributed by atoms with Gasteiger partial charge in [-0.25, -0.2) is 9.18 Å². The zero-order chi connectivity index (χ0) is 10.4. The first-order valence-corrected chi connectivity index (χ1v) is 3.58. The third-order valence-electron chi connectivity index (χ3n) is 1.42. The molecule has 0 saturated heterocycles. The van der Waals surface area contributed by atoms with Crippen molar-refractivity contribution in [3.05, 3.63) is 0 Å². The quantitative estimate of drug-likeness (QED) is 0.602. The Morgan fingerprint density at radius 2 is 1.77 bits per heavy atom. The smallest absolute Gasteiger partial charge is 0.340 e. The molecule has 0 bridgehead atoms. The van der Waals surface area contributed by atoms with Gasteiger partial charge in [-0.3, -0.25) is 4.79 Å². The zero-order valence-electron chi connectivity index (χ0n) is 7.45. The summed E-state index contributed by atoms with van der Waals surface area (Å²) in [5, 5.41) is 0. The van der Waals surface area contributed by atoms with E-state index < -0.39 is 30.6 Å². The molecule has 2 N–H and O–H groups in total. The fourth-order valence-electron chi connectivity index (χ4n) is 0.695. The van der Waals surface area contributed by atoms with Crippen LogP contribution in [0.3, 0.4) is 0 Å². The molecular formula is C7H12FNO4. The van der Waals surface area contributed by atoms with E-state index >= 15 is 0 Å². The van der Waals surface area contributed by atoms with E-state index in [0.717, 1.165) is 14.2 Å². The van der Waals surface area contributed by atoms with Crippen LogP contribution in [-0.4, -0.2) is 38.4 Å². The van der Waals surface area contributed by atoms with Gasteiger partial charge in [0.25, 0.3) is 0 Å². The van der Waals surface area contributed by atoms with Crippen LogP contribution in [0.1, 0.15) is 6.42 Å². The molecule has 0 aliphatic carbocycles. The van der Waals surface area contributed by atoms with Gasteiger partial charge in [0.1, 0.15) is 6.04 Å². The summed E-state index contributed by atoms with van der Waals surface area (Å²) in [6, 6.07) is -1.14. The van der Waals surface area contributed by atoms with Gasteiger partial charge in [-0.2, -0.15) is 0 Å². The number of halogens is 1. The Hall–Kier alpha value is -1.17. The Morgan fingerprint density at radius 3 is 2.15 bits per heavy atom. The van der Waals surface area contributed by atoms with Gasteiger partial charge >= 0.3 is 11.9 Å². The maximum absolute atomic E-state index is 12.8. The standard InChI is InChI=1S/C7H12FNO4/c1-12-6(10)4(8)3-5(9)7(11)13-2/h4-5H,3,9H2,1-2H3/t4-,5-/m0/s1. The molecule has 0 aromatic carbocycles. The van der Waals surface area contributed by atoms with Crippen LogP contribution in [0.15, 0.2) is 0 Å². The van der Waals surface area contributed by atoms with Crippen molar-refractivity contribution in [2.75, 3.05) is 14.2 Å². The maximum atomic E-state index is 12.8. The number of carbonyl (C=O) groups is 2. The lowest BCUT2D eigenvalue weighted by Gasteiger charge is -2.10. The Kier molecular flexibility index (Phi) is 4.98. The minimum Gasteiger partial charge on any atom is -0.468 e. The van der Waals surface area contributed by atoms with Crippen molar-refractivity contribution >= 4 is 11.9 Å². The highest BCUT2D eigenvalue weighted by Crippen LogP contribution is 2.04. The fourth-order valence-corrected chi connectivity index (χ4v) is 0.695. The molecule has 0 aromatic heterocycles. The summed E-state index contributed by atoms with van der Waals surface area (Å²) in [4.78, 5) is 21.2. The van der Waals surface area contributed by atoms with Gasteiger partial charge in [-0.15, -0.1) is 0 Å². The van der Waals surface area contributed by atoms with Crippen molar-refractivity contribution in [2.45, 2.75) is 18.6 Å². The van der Waals surface area contributed by atoms with Crippen molar-refractivity contribution in [3.8, 4) is 0 Å². The molecule has 0 unspecified atom stereocenters. The second kappa shape index (κ2) is 5.47. The lowest BCUT2D eigenvalue weighted by Crippen LogP contribution is -2.36. The predicted octanol–water partition coefficient (Wildman–Crippen LogP) is -0.612. The number of nitrogens with two attached hydrogens (primary N) is 1. The SMILES string of the molecule is COC(=O)[C@@H](N)C[C@H](F)C(=O)OC. The Balaban J connectivity index is 3.98. The molecule has 13 heavy (non-hydrogen) atoms. The Morgan fingerprint density at radius 1 is 1.31 bits per heavy atom. The second-order valence-corrected chi connectivity index (χ2v) is 2.36. The normalized spacial score (nSPS) is 14.5. The van der Waals surface area contributed by atoms with Gasteiger partial charge in [-0.1, -0.05) is 0 Å². The lowest BCUT2D eigenvalue weighted by atomic mass is 10.1. The summed E-state index contributed by atoms with van der Waals surface area (Å²) >= 11 is 0. The molecule has 0 saturated carbocycles. The van der Waals surface area contributed by atoms with Crippen molar-refractivity contribution in [2.24, 2.45) is 5.73 Å². The molecular weight excluding hydrogens is 181 g/mol. The van der Waals surface area contributed by atoms with Crippen LogP contribution in [0, 0.1) is 0 Å². The van der Waals surface area contributed by atoms with Crippen LogP contribution >= 0.6 is 0 Å². The summed E-state index contributed by atoms with van der Waals surface area (Å²) in [5.74, 6) is -1.80. The molecule has 5 nitrogen and oxygen atoms in total. The molecule has 0 radical (unpaired) electrons. The van der Waals surface area contributed by atoms with Crippen LogP contribution in [0.5, 0.6) is 0 Å². The van der Waals surface area contributed by atoms with E-state index in [0.29, 0.717) is 0 Å². The minimum absolute atomic E-state index is 0.431. The van der Waals surface area contributed by atoms with E-state index in [2.05, 4.69) is 9.47 Å². The lowest BCUT2D eigenvalue weighted by molar-refractivity contribution is -0.148. The van der Waals surface area contributed by atoms with Gasteiger partial charge in [0.15, 0.2) is 6.17 Å². The molecule has 6 heteroatoms. The van der Waals surface area contributed by atoms with Gasteiger partial charge in [0.2, 0.25) is 0 Å². The van der Waals surface area contributed by atoms with E-state index in [1.165, 1.54) is 0 Å². The highest BCUT2D eigenvalue weighted by Gasteiger charge is 2.25. The number of carbonyl (C=O) groups excluding carboxylic acids is 2. The fraction of sp³-hybridized carbons (Fsp3) is 0.714. The summed E-state index contributed by atoms with van der Waals surface area (Å²) < 4.78 is 21.1. The number of hydrogen-bond acceptors (Lipinski definition) is 5. The van der Waals surface area contributed by atoms with Crippen molar-refractivity contribution in [1.82, 2.24) is 0 Å². The summed E-state index contributed by atoms with van der Waals surface area (Å²) in [5.41, 5.74) is 5.20. The molecule has 2 atom stereocenters. The second-order valence-electron chi connectivity index (χ2n) is 2.36. The number of rotatable bonds is 4. The van der Waals surface area contributed by atoms with Crippen LogP contribution < -0.4 is 5.73 Å². The predicted molar refractivity (Wildman–Crippen MR) is 41.5 cm³/mol. The summed E-state index contributed by atoms with van der Waals surface area (Å²) in [6.45, 7) is 0. The average molecular weight is 193 g/mol. The van der Waals surface area contributed by atoms with Crippen molar-refractivity contribution < 1.29 is 23.5 Å². The Labute approximate surface area is 75.0 Å². The van der Waals surface area contributed by atoms with E-state index in [1.54, 1.807) is 0 Å². The third kappa shape index (κ3) is 3.84. The van der Waals surface area contributed by atoms with Crippen LogP contribution in [0.2, 0.25) is 0 Å². The number of alkyl halides is 1. The minimum atomic E-state index is -1.89. The molecule has 0 spiro atoms. The number of methoxy groups -OCH3 is 2.